The van der Waals surface area contributed by atoms with Crippen LogP contribution in [0.4, 0.5) is 5.82 Å². The number of hydrogen-bond donors (Lipinski definition) is 1. The Morgan fingerprint density at radius 2 is 1.70 bits per heavy atom. The van der Waals surface area contributed by atoms with Crippen molar-refractivity contribution in [1.29, 1.82) is 0 Å². The predicted molar refractivity (Wildman–Crippen MR) is 126 cm³/mol. The van der Waals surface area contributed by atoms with Gasteiger partial charge in [-0.2, -0.15) is 5.10 Å². The normalized spacial score (nSPS) is 13.2. The average Bonchev–Trinajstić information content (AvgIpc) is 3.63. The van der Waals surface area contributed by atoms with Gasteiger partial charge in [-0.3, -0.25) is 9.67 Å². The molecule has 1 saturated carbocycles. The van der Waals surface area contributed by atoms with E-state index < -0.39 is 0 Å². The molecule has 0 amide bonds. The standard InChI is InChI=1S/C25H26N6O2/c1-15-20(25-28-21(17-10-12-27-13-11-17)23(33-3)24(26)29-25)30-31(22(15)18-6-7-18)14-16-4-8-19(32-2)9-5-16/h4-5,8-13,18H,6-7,14H2,1-3H3,(H2,26,28,29). The quantitative estimate of drug-likeness (QED) is 0.457. The molecular formula is C25H26N6O2. The van der Waals surface area contributed by atoms with Gasteiger partial charge >= 0.3 is 0 Å². The molecule has 0 spiro atoms. The van der Waals surface area contributed by atoms with Gasteiger partial charge in [0.1, 0.15) is 17.1 Å². The summed E-state index contributed by atoms with van der Waals surface area (Å²) in [7, 11) is 3.24. The van der Waals surface area contributed by atoms with Crippen LogP contribution in [-0.4, -0.2) is 39.0 Å². The number of aromatic nitrogens is 5. The first-order valence-electron chi connectivity index (χ1n) is 10.9. The summed E-state index contributed by atoms with van der Waals surface area (Å²) >= 11 is 0. The minimum Gasteiger partial charge on any atom is -0.497 e. The first kappa shape index (κ1) is 20.9. The molecule has 8 nitrogen and oxygen atoms in total. The topological polar surface area (TPSA) is 101 Å². The number of methoxy groups -OCH3 is 2. The Morgan fingerprint density at radius 1 is 0.970 bits per heavy atom. The van der Waals surface area contributed by atoms with E-state index in [4.69, 9.17) is 25.3 Å². The van der Waals surface area contributed by atoms with Gasteiger partial charge in [-0.25, -0.2) is 9.97 Å². The van der Waals surface area contributed by atoms with Crippen LogP contribution < -0.4 is 15.2 Å². The molecule has 0 radical (unpaired) electrons. The fraction of sp³-hybridized carbons (Fsp3) is 0.280. The Balaban J connectivity index is 1.59. The van der Waals surface area contributed by atoms with E-state index >= 15 is 0 Å². The molecule has 4 aromatic rings. The molecule has 1 aliphatic rings. The molecule has 2 N–H and O–H groups in total. The largest absolute Gasteiger partial charge is 0.497 e. The van der Waals surface area contributed by atoms with E-state index in [-0.39, 0.29) is 5.82 Å². The van der Waals surface area contributed by atoms with Gasteiger partial charge < -0.3 is 15.2 Å². The van der Waals surface area contributed by atoms with Gasteiger partial charge in [0.25, 0.3) is 0 Å². The van der Waals surface area contributed by atoms with Crippen LogP contribution in [0.25, 0.3) is 22.8 Å². The summed E-state index contributed by atoms with van der Waals surface area (Å²) in [5, 5.41) is 4.96. The third-order valence-corrected chi connectivity index (χ3v) is 5.96. The van der Waals surface area contributed by atoms with Crippen LogP contribution >= 0.6 is 0 Å². The second-order valence-corrected chi connectivity index (χ2v) is 8.19. The number of ether oxygens (including phenoxy) is 2. The maximum Gasteiger partial charge on any atom is 0.187 e. The third kappa shape index (κ3) is 4.00. The van der Waals surface area contributed by atoms with Gasteiger partial charge in [-0.05, 0) is 49.6 Å². The van der Waals surface area contributed by atoms with Gasteiger partial charge in [0.05, 0.1) is 20.8 Å². The van der Waals surface area contributed by atoms with Crippen molar-refractivity contribution in [3.63, 3.8) is 0 Å². The van der Waals surface area contributed by atoms with Crippen LogP contribution in [0.3, 0.4) is 0 Å². The lowest BCUT2D eigenvalue weighted by molar-refractivity contribution is 0.414. The number of pyridine rings is 1. The second-order valence-electron chi connectivity index (χ2n) is 8.19. The third-order valence-electron chi connectivity index (χ3n) is 5.96. The number of rotatable bonds is 7. The molecule has 0 unspecified atom stereocenters. The fourth-order valence-corrected chi connectivity index (χ4v) is 4.16. The smallest absolute Gasteiger partial charge is 0.187 e. The maximum absolute atomic E-state index is 6.29. The van der Waals surface area contributed by atoms with Crippen molar-refractivity contribution < 1.29 is 9.47 Å². The van der Waals surface area contributed by atoms with Gasteiger partial charge in [0, 0.05) is 35.1 Å². The van der Waals surface area contributed by atoms with Crippen molar-refractivity contribution in [3.8, 4) is 34.3 Å². The Bertz CT molecular complexity index is 1280. The van der Waals surface area contributed by atoms with E-state index in [1.807, 2.05) is 24.3 Å². The van der Waals surface area contributed by atoms with Gasteiger partial charge in [-0.15, -0.1) is 0 Å². The predicted octanol–water partition coefficient (Wildman–Crippen LogP) is 4.24. The van der Waals surface area contributed by atoms with Crippen LogP contribution in [0.2, 0.25) is 0 Å². The number of nitrogens with zero attached hydrogens (tertiary/aromatic N) is 5. The van der Waals surface area contributed by atoms with Crippen molar-refractivity contribution in [2.75, 3.05) is 20.0 Å². The lowest BCUT2D eigenvalue weighted by Gasteiger charge is -2.11. The van der Waals surface area contributed by atoms with Crippen molar-refractivity contribution in [2.45, 2.75) is 32.2 Å². The number of benzene rings is 1. The highest BCUT2D eigenvalue weighted by molar-refractivity contribution is 5.74. The summed E-state index contributed by atoms with van der Waals surface area (Å²) in [6.45, 7) is 2.76. The highest BCUT2D eigenvalue weighted by Gasteiger charge is 2.32. The maximum atomic E-state index is 6.29. The SMILES string of the molecule is COc1ccc(Cn2nc(-c3nc(N)c(OC)c(-c4ccncc4)n3)c(C)c2C2CC2)cc1. The number of hydrogen-bond acceptors (Lipinski definition) is 7. The minimum absolute atomic E-state index is 0.284. The van der Waals surface area contributed by atoms with E-state index in [2.05, 4.69) is 33.7 Å². The van der Waals surface area contributed by atoms with Crippen LogP contribution in [-0.2, 0) is 6.54 Å². The zero-order valence-corrected chi connectivity index (χ0v) is 18.9. The van der Waals surface area contributed by atoms with Crippen molar-refractivity contribution in [3.05, 3.63) is 65.6 Å². The fourth-order valence-electron chi connectivity index (χ4n) is 4.16. The Kier molecular flexibility index (Phi) is 5.42. The van der Waals surface area contributed by atoms with E-state index in [1.165, 1.54) is 18.5 Å². The van der Waals surface area contributed by atoms with Crippen molar-refractivity contribution >= 4 is 5.82 Å². The van der Waals surface area contributed by atoms with Crippen LogP contribution in [0, 0.1) is 6.92 Å². The van der Waals surface area contributed by atoms with E-state index in [0.29, 0.717) is 29.7 Å². The highest BCUT2D eigenvalue weighted by Crippen LogP contribution is 2.44. The monoisotopic (exact) mass is 442 g/mol. The van der Waals surface area contributed by atoms with Crippen molar-refractivity contribution in [2.24, 2.45) is 0 Å². The summed E-state index contributed by atoms with van der Waals surface area (Å²) in [5.41, 5.74) is 12.0. The molecule has 8 heteroatoms. The summed E-state index contributed by atoms with van der Waals surface area (Å²) in [4.78, 5) is 13.5. The van der Waals surface area contributed by atoms with Gasteiger partial charge in [0.2, 0.25) is 0 Å². The van der Waals surface area contributed by atoms with Gasteiger partial charge in [-0.1, -0.05) is 12.1 Å². The molecule has 5 rings (SSSR count). The molecule has 0 aliphatic heterocycles. The summed E-state index contributed by atoms with van der Waals surface area (Å²) in [5.74, 6) is 2.58. The number of nitrogens with two attached hydrogens (primary N) is 1. The van der Waals surface area contributed by atoms with E-state index in [0.717, 1.165) is 28.1 Å². The molecule has 1 fully saturated rings. The molecule has 0 saturated heterocycles. The van der Waals surface area contributed by atoms with Gasteiger partial charge in [0.15, 0.2) is 17.4 Å². The number of anilines is 1. The molecule has 3 heterocycles. The molecule has 33 heavy (non-hydrogen) atoms. The molecular weight excluding hydrogens is 416 g/mol. The highest BCUT2D eigenvalue weighted by atomic mass is 16.5. The summed E-state index contributed by atoms with van der Waals surface area (Å²) in [6, 6.07) is 11.8. The average molecular weight is 443 g/mol. The first-order chi connectivity index (χ1) is 16.1. The lowest BCUT2D eigenvalue weighted by atomic mass is 10.1. The van der Waals surface area contributed by atoms with Crippen LogP contribution in [0.1, 0.15) is 35.6 Å². The minimum atomic E-state index is 0.284. The first-order valence-corrected chi connectivity index (χ1v) is 10.9. The molecule has 0 atom stereocenters. The van der Waals surface area contributed by atoms with Crippen molar-refractivity contribution in [1.82, 2.24) is 24.7 Å². The molecule has 1 aliphatic carbocycles. The lowest BCUT2D eigenvalue weighted by Crippen LogP contribution is -2.06. The van der Waals surface area contributed by atoms with Crippen LogP contribution in [0.5, 0.6) is 11.5 Å². The Labute approximate surface area is 192 Å². The zero-order chi connectivity index (χ0) is 22.9. The van der Waals surface area contributed by atoms with E-state index in [1.54, 1.807) is 26.6 Å². The molecule has 0 bridgehead atoms. The van der Waals surface area contributed by atoms with E-state index in [9.17, 15) is 0 Å². The summed E-state index contributed by atoms with van der Waals surface area (Å²) in [6.07, 6.45) is 5.77. The second kappa shape index (κ2) is 8.54. The molecule has 3 aromatic heterocycles. The Hall–Kier alpha value is -3.94. The number of nitrogen functional groups attached to an aromatic ring is 1. The Morgan fingerprint density at radius 3 is 2.33 bits per heavy atom. The zero-order valence-electron chi connectivity index (χ0n) is 18.9. The molecule has 168 valence electrons. The summed E-state index contributed by atoms with van der Waals surface area (Å²) < 4.78 is 12.9. The van der Waals surface area contributed by atoms with Crippen LogP contribution in [0.15, 0.2) is 48.8 Å². The molecule has 1 aromatic carbocycles.